The molecule has 2 heteroatoms. The molecular weight excluding hydrogens is 138 g/mol. The number of piperidine rings is 1. The number of hydrogen-bond donors (Lipinski definition) is 0. The van der Waals surface area contributed by atoms with Crippen LogP contribution < -0.4 is 0 Å². The normalized spacial score (nSPS) is 38.6. The minimum absolute atomic E-state index is 0.562. The number of hydroxylamine groups is 2. The van der Waals surface area contributed by atoms with Gasteiger partial charge in [0.25, 0.3) is 0 Å². The predicted molar refractivity (Wildman–Crippen MR) is 44.0 cm³/mol. The molecule has 0 saturated carbocycles. The molecule has 0 aliphatic carbocycles. The lowest BCUT2D eigenvalue weighted by atomic mass is 9.98. The first-order valence-electron chi connectivity index (χ1n) is 4.46. The SMILES string of the molecule is C[C@H]1CCC[C@@H]2C=CCON12. The molecule has 1 fully saturated rings. The molecule has 2 aliphatic heterocycles. The van der Waals surface area contributed by atoms with Crippen LogP contribution in [0.2, 0.25) is 0 Å². The fourth-order valence-corrected chi connectivity index (χ4v) is 1.95. The summed E-state index contributed by atoms with van der Waals surface area (Å²) < 4.78 is 0. The van der Waals surface area contributed by atoms with E-state index in [1.807, 2.05) is 0 Å². The summed E-state index contributed by atoms with van der Waals surface area (Å²) in [5, 5.41) is 2.16. The average molecular weight is 153 g/mol. The lowest BCUT2D eigenvalue weighted by Crippen LogP contribution is -2.45. The molecular formula is C9H15NO. The van der Waals surface area contributed by atoms with E-state index in [0.29, 0.717) is 12.1 Å². The molecule has 2 rings (SSSR count). The molecule has 2 aliphatic rings. The van der Waals surface area contributed by atoms with Crippen molar-refractivity contribution in [3.05, 3.63) is 12.2 Å². The first-order chi connectivity index (χ1) is 5.38. The Bertz CT molecular complexity index is 167. The lowest BCUT2D eigenvalue weighted by molar-refractivity contribution is -0.210. The second-order valence-corrected chi connectivity index (χ2v) is 3.43. The summed E-state index contributed by atoms with van der Waals surface area (Å²) >= 11 is 0. The van der Waals surface area contributed by atoms with Crippen LogP contribution in [0.3, 0.4) is 0 Å². The van der Waals surface area contributed by atoms with E-state index in [4.69, 9.17) is 4.84 Å². The topological polar surface area (TPSA) is 12.5 Å². The molecule has 0 spiro atoms. The van der Waals surface area contributed by atoms with Gasteiger partial charge in [0.2, 0.25) is 0 Å². The van der Waals surface area contributed by atoms with Crippen LogP contribution in [0, 0.1) is 0 Å². The van der Waals surface area contributed by atoms with Gasteiger partial charge in [-0.3, -0.25) is 4.84 Å². The van der Waals surface area contributed by atoms with Crippen molar-refractivity contribution in [2.24, 2.45) is 0 Å². The van der Waals surface area contributed by atoms with E-state index in [0.717, 1.165) is 6.61 Å². The second-order valence-electron chi connectivity index (χ2n) is 3.43. The van der Waals surface area contributed by atoms with Crippen molar-refractivity contribution in [1.29, 1.82) is 0 Å². The highest BCUT2D eigenvalue weighted by atomic mass is 16.7. The molecule has 0 aromatic heterocycles. The van der Waals surface area contributed by atoms with Gasteiger partial charge in [-0.05, 0) is 26.2 Å². The average Bonchev–Trinajstić information content (AvgIpc) is 2.06. The Morgan fingerprint density at radius 3 is 3.18 bits per heavy atom. The molecule has 0 unspecified atom stereocenters. The van der Waals surface area contributed by atoms with E-state index in [2.05, 4.69) is 24.1 Å². The summed E-state index contributed by atoms with van der Waals surface area (Å²) in [6, 6.07) is 1.17. The minimum atomic E-state index is 0.562. The summed E-state index contributed by atoms with van der Waals surface area (Å²) in [6.07, 6.45) is 8.29. The predicted octanol–water partition coefficient (Wildman–Crippen LogP) is 1.73. The van der Waals surface area contributed by atoms with Gasteiger partial charge in [-0.2, -0.15) is 5.06 Å². The fraction of sp³-hybridized carbons (Fsp3) is 0.778. The molecule has 0 aromatic carbocycles. The van der Waals surface area contributed by atoms with Crippen LogP contribution in [0.1, 0.15) is 26.2 Å². The zero-order valence-electron chi connectivity index (χ0n) is 6.99. The Labute approximate surface area is 67.8 Å². The third kappa shape index (κ3) is 1.33. The number of rotatable bonds is 0. The zero-order chi connectivity index (χ0) is 7.68. The molecule has 62 valence electrons. The van der Waals surface area contributed by atoms with Crippen molar-refractivity contribution >= 4 is 0 Å². The molecule has 11 heavy (non-hydrogen) atoms. The van der Waals surface area contributed by atoms with Crippen molar-refractivity contribution in [2.45, 2.75) is 38.3 Å². The van der Waals surface area contributed by atoms with Crippen LogP contribution in [-0.4, -0.2) is 23.8 Å². The van der Waals surface area contributed by atoms with Crippen LogP contribution in [0.4, 0.5) is 0 Å². The smallest absolute Gasteiger partial charge is 0.0867 e. The molecule has 1 saturated heterocycles. The first kappa shape index (κ1) is 7.32. The second kappa shape index (κ2) is 2.95. The number of fused-ring (bicyclic) bond motifs is 1. The van der Waals surface area contributed by atoms with Crippen molar-refractivity contribution in [3.63, 3.8) is 0 Å². The number of nitrogens with zero attached hydrogens (tertiary/aromatic N) is 1. The summed E-state index contributed by atoms with van der Waals surface area (Å²) in [7, 11) is 0. The van der Waals surface area contributed by atoms with Gasteiger partial charge in [0, 0.05) is 6.04 Å². The van der Waals surface area contributed by atoms with E-state index in [1.165, 1.54) is 19.3 Å². The van der Waals surface area contributed by atoms with Crippen molar-refractivity contribution in [3.8, 4) is 0 Å². The molecule has 2 nitrogen and oxygen atoms in total. The Hall–Kier alpha value is -0.340. The summed E-state index contributed by atoms with van der Waals surface area (Å²) in [4.78, 5) is 5.54. The lowest BCUT2D eigenvalue weighted by Gasteiger charge is -2.39. The maximum atomic E-state index is 5.54. The van der Waals surface area contributed by atoms with E-state index >= 15 is 0 Å². The highest BCUT2D eigenvalue weighted by Crippen LogP contribution is 2.25. The first-order valence-corrected chi connectivity index (χ1v) is 4.46. The Kier molecular flexibility index (Phi) is 1.96. The van der Waals surface area contributed by atoms with Crippen LogP contribution in [0.15, 0.2) is 12.2 Å². The van der Waals surface area contributed by atoms with E-state index in [1.54, 1.807) is 0 Å². The quantitative estimate of drug-likeness (QED) is 0.491. The van der Waals surface area contributed by atoms with Crippen LogP contribution >= 0.6 is 0 Å². The summed E-state index contributed by atoms with van der Waals surface area (Å²) in [6.45, 7) is 3.01. The molecule has 0 aromatic rings. The Morgan fingerprint density at radius 2 is 2.36 bits per heavy atom. The third-order valence-corrected chi connectivity index (χ3v) is 2.56. The fourth-order valence-electron chi connectivity index (χ4n) is 1.95. The monoisotopic (exact) mass is 153 g/mol. The third-order valence-electron chi connectivity index (χ3n) is 2.56. The molecule has 0 amide bonds. The van der Waals surface area contributed by atoms with Gasteiger partial charge in [0.1, 0.15) is 0 Å². The molecule has 0 N–H and O–H groups in total. The van der Waals surface area contributed by atoms with Gasteiger partial charge in [-0.15, -0.1) is 0 Å². The van der Waals surface area contributed by atoms with Crippen molar-refractivity contribution < 1.29 is 4.84 Å². The van der Waals surface area contributed by atoms with E-state index in [-0.39, 0.29) is 0 Å². The van der Waals surface area contributed by atoms with E-state index in [9.17, 15) is 0 Å². The highest BCUT2D eigenvalue weighted by Gasteiger charge is 2.28. The Morgan fingerprint density at radius 1 is 1.45 bits per heavy atom. The standard InChI is InChI=1S/C9H15NO/c1-8-4-2-5-9-6-3-7-11-10(8)9/h3,6,8-9H,2,4-5,7H2,1H3/t8-,9+/m0/s1. The van der Waals surface area contributed by atoms with Gasteiger partial charge in [0.05, 0.1) is 12.6 Å². The Balaban J connectivity index is 2.08. The molecule has 2 heterocycles. The maximum Gasteiger partial charge on any atom is 0.0867 e. The molecule has 2 atom stereocenters. The largest absolute Gasteiger partial charge is 0.294 e. The van der Waals surface area contributed by atoms with Crippen LogP contribution in [0.5, 0.6) is 0 Å². The van der Waals surface area contributed by atoms with Gasteiger partial charge in [-0.1, -0.05) is 12.2 Å². The minimum Gasteiger partial charge on any atom is -0.294 e. The van der Waals surface area contributed by atoms with Gasteiger partial charge < -0.3 is 0 Å². The zero-order valence-corrected chi connectivity index (χ0v) is 6.99. The summed E-state index contributed by atoms with van der Waals surface area (Å²) in [5.41, 5.74) is 0. The van der Waals surface area contributed by atoms with Gasteiger partial charge in [-0.25, -0.2) is 0 Å². The maximum absolute atomic E-state index is 5.54. The van der Waals surface area contributed by atoms with Crippen LogP contribution in [0.25, 0.3) is 0 Å². The van der Waals surface area contributed by atoms with Crippen LogP contribution in [-0.2, 0) is 4.84 Å². The highest BCUT2D eigenvalue weighted by molar-refractivity contribution is 4.98. The van der Waals surface area contributed by atoms with E-state index < -0.39 is 0 Å². The molecule has 0 bridgehead atoms. The van der Waals surface area contributed by atoms with Crippen molar-refractivity contribution in [2.75, 3.05) is 6.61 Å². The van der Waals surface area contributed by atoms with Gasteiger partial charge >= 0.3 is 0 Å². The summed E-state index contributed by atoms with van der Waals surface area (Å²) in [5.74, 6) is 0. The number of hydrogen-bond acceptors (Lipinski definition) is 2. The van der Waals surface area contributed by atoms with Crippen molar-refractivity contribution in [1.82, 2.24) is 5.06 Å². The van der Waals surface area contributed by atoms with Gasteiger partial charge in [0.15, 0.2) is 0 Å². The molecule has 0 radical (unpaired) electrons.